The Hall–Kier alpha value is -1.66. The molecule has 1 aromatic rings. The topological polar surface area (TPSA) is 61.8 Å². The first kappa shape index (κ1) is 17.4. The van der Waals surface area contributed by atoms with Crippen molar-refractivity contribution in [3.05, 3.63) is 30.1 Å². The standard InChI is InChI=1S/C15H23FN2O3/c1-11(2)17-15(20)9-18(3)8-13(19)10-21-14-6-4-12(16)5-7-14/h4-7,11,13,19H,8-10H2,1-3H3,(H,17,20)/t13-/m1/s1. The SMILES string of the molecule is CC(C)NC(=O)CN(C)C[C@@H](O)COc1ccc(F)cc1. The van der Waals surface area contributed by atoms with Gasteiger partial charge in [0.2, 0.25) is 5.91 Å². The largest absolute Gasteiger partial charge is 0.491 e. The monoisotopic (exact) mass is 298 g/mol. The molecule has 0 radical (unpaired) electrons. The Morgan fingerprint density at radius 1 is 1.38 bits per heavy atom. The average Bonchev–Trinajstić information content (AvgIpc) is 2.36. The van der Waals surface area contributed by atoms with Gasteiger partial charge in [-0.05, 0) is 45.2 Å². The molecule has 1 aromatic carbocycles. The highest BCUT2D eigenvalue weighted by Gasteiger charge is 2.12. The molecule has 118 valence electrons. The number of halogens is 1. The molecule has 0 unspecified atom stereocenters. The second-order valence-corrected chi connectivity index (χ2v) is 5.34. The van der Waals surface area contributed by atoms with E-state index in [1.807, 2.05) is 13.8 Å². The van der Waals surface area contributed by atoms with Crippen LogP contribution >= 0.6 is 0 Å². The van der Waals surface area contributed by atoms with Crippen molar-refractivity contribution in [3.8, 4) is 5.75 Å². The predicted molar refractivity (Wildman–Crippen MR) is 78.7 cm³/mol. The summed E-state index contributed by atoms with van der Waals surface area (Å²) in [6.45, 7) is 4.40. The van der Waals surface area contributed by atoms with E-state index >= 15 is 0 Å². The van der Waals surface area contributed by atoms with Gasteiger partial charge >= 0.3 is 0 Å². The van der Waals surface area contributed by atoms with Crippen LogP contribution in [-0.2, 0) is 4.79 Å². The van der Waals surface area contributed by atoms with Crippen LogP contribution in [0.4, 0.5) is 4.39 Å². The summed E-state index contributed by atoms with van der Waals surface area (Å²) in [5.41, 5.74) is 0. The number of ether oxygens (including phenoxy) is 1. The molecule has 1 amide bonds. The van der Waals surface area contributed by atoms with Crippen molar-refractivity contribution in [1.29, 1.82) is 0 Å². The lowest BCUT2D eigenvalue weighted by Crippen LogP contribution is -2.42. The van der Waals surface area contributed by atoms with Crippen LogP contribution in [0.25, 0.3) is 0 Å². The zero-order valence-corrected chi connectivity index (χ0v) is 12.7. The van der Waals surface area contributed by atoms with Gasteiger partial charge in [0, 0.05) is 12.6 Å². The smallest absolute Gasteiger partial charge is 0.234 e. The quantitative estimate of drug-likeness (QED) is 0.752. The summed E-state index contributed by atoms with van der Waals surface area (Å²) in [5.74, 6) is 0.0774. The third-order valence-corrected chi connectivity index (χ3v) is 2.64. The third-order valence-electron chi connectivity index (χ3n) is 2.64. The lowest BCUT2D eigenvalue weighted by Gasteiger charge is -2.21. The highest BCUT2D eigenvalue weighted by molar-refractivity contribution is 5.78. The summed E-state index contributed by atoms with van der Waals surface area (Å²) < 4.78 is 18.1. The van der Waals surface area contributed by atoms with Crippen LogP contribution in [-0.4, -0.2) is 54.8 Å². The Kier molecular flexibility index (Phi) is 7.11. The van der Waals surface area contributed by atoms with Crippen LogP contribution in [0.15, 0.2) is 24.3 Å². The summed E-state index contributed by atoms with van der Waals surface area (Å²) >= 11 is 0. The van der Waals surface area contributed by atoms with E-state index in [0.717, 1.165) is 0 Å². The fraction of sp³-hybridized carbons (Fsp3) is 0.533. The third kappa shape index (κ3) is 7.63. The number of carbonyl (C=O) groups excluding carboxylic acids is 1. The van der Waals surface area contributed by atoms with E-state index < -0.39 is 6.10 Å². The predicted octanol–water partition coefficient (Wildman–Crippen LogP) is 1.02. The summed E-state index contributed by atoms with van der Waals surface area (Å²) in [6, 6.07) is 5.69. The normalized spacial score (nSPS) is 12.5. The average molecular weight is 298 g/mol. The second kappa shape index (κ2) is 8.59. The molecular formula is C15H23FN2O3. The number of hydrogen-bond donors (Lipinski definition) is 2. The number of rotatable bonds is 8. The van der Waals surface area contributed by atoms with Gasteiger partial charge in [0.25, 0.3) is 0 Å². The van der Waals surface area contributed by atoms with Gasteiger partial charge in [-0.1, -0.05) is 0 Å². The Bertz CT molecular complexity index is 437. The number of aliphatic hydroxyl groups is 1. The number of likely N-dealkylation sites (N-methyl/N-ethyl adjacent to an activating group) is 1. The van der Waals surface area contributed by atoms with Crippen molar-refractivity contribution in [3.63, 3.8) is 0 Å². The van der Waals surface area contributed by atoms with Crippen molar-refractivity contribution < 1.29 is 19.0 Å². The van der Waals surface area contributed by atoms with E-state index in [-0.39, 0.29) is 30.9 Å². The molecule has 0 aromatic heterocycles. The molecule has 0 bridgehead atoms. The van der Waals surface area contributed by atoms with Gasteiger partial charge in [0.05, 0.1) is 6.54 Å². The molecule has 0 aliphatic heterocycles. The molecule has 1 rings (SSSR count). The van der Waals surface area contributed by atoms with Gasteiger partial charge in [-0.3, -0.25) is 9.69 Å². The molecule has 6 heteroatoms. The summed E-state index contributed by atoms with van der Waals surface area (Å²) in [5, 5.41) is 12.6. The number of amides is 1. The van der Waals surface area contributed by atoms with Crippen molar-refractivity contribution in [1.82, 2.24) is 10.2 Å². The second-order valence-electron chi connectivity index (χ2n) is 5.34. The highest BCUT2D eigenvalue weighted by Crippen LogP contribution is 2.11. The minimum absolute atomic E-state index is 0.0841. The fourth-order valence-corrected chi connectivity index (χ4v) is 1.81. The van der Waals surface area contributed by atoms with Crippen molar-refractivity contribution >= 4 is 5.91 Å². The number of hydrogen-bond acceptors (Lipinski definition) is 4. The molecule has 2 N–H and O–H groups in total. The molecule has 0 heterocycles. The van der Waals surface area contributed by atoms with E-state index in [1.165, 1.54) is 24.3 Å². The zero-order chi connectivity index (χ0) is 15.8. The first-order chi connectivity index (χ1) is 9.86. The molecule has 0 saturated carbocycles. The molecule has 5 nitrogen and oxygen atoms in total. The van der Waals surface area contributed by atoms with E-state index in [1.54, 1.807) is 11.9 Å². The highest BCUT2D eigenvalue weighted by atomic mass is 19.1. The number of benzene rings is 1. The molecule has 0 saturated heterocycles. The number of aliphatic hydroxyl groups excluding tert-OH is 1. The van der Waals surface area contributed by atoms with Crippen LogP contribution < -0.4 is 10.1 Å². The first-order valence-electron chi connectivity index (χ1n) is 6.91. The van der Waals surface area contributed by atoms with Gasteiger partial charge in [-0.2, -0.15) is 0 Å². The zero-order valence-electron chi connectivity index (χ0n) is 12.7. The summed E-state index contributed by atoms with van der Waals surface area (Å²) in [7, 11) is 1.75. The maximum Gasteiger partial charge on any atom is 0.234 e. The molecule has 21 heavy (non-hydrogen) atoms. The summed E-state index contributed by atoms with van der Waals surface area (Å²) in [6.07, 6.45) is -0.730. The molecule has 0 fully saturated rings. The van der Waals surface area contributed by atoms with Crippen molar-refractivity contribution in [2.45, 2.75) is 26.0 Å². The van der Waals surface area contributed by atoms with Crippen molar-refractivity contribution in [2.75, 3.05) is 26.7 Å². The minimum Gasteiger partial charge on any atom is -0.491 e. The van der Waals surface area contributed by atoms with Gasteiger partial charge in [-0.25, -0.2) is 4.39 Å². The van der Waals surface area contributed by atoms with Crippen molar-refractivity contribution in [2.24, 2.45) is 0 Å². The summed E-state index contributed by atoms with van der Waals surface area (Å²) in [4.78, 5) is 13.3. The van der Waals surface area contributed by atoms with E-state index in [4.69, 9.17) is 4.74 Å². The fourth-order valence-electron chi connectivity index (χ4n) is 1.81. The van der Waals surface area contributed by atoms with Crippen LogP contribution in [0.3, 0.4) is 0 Å². The number of carbonyl (C=O) groups is 1. The Labute approximate surface area is 124 Å². The minimum atomic E-state index is -0.730. The first-order valence-corrected chi connectivity index (χ1v) is 6.91. The molecular weight excluding hydrogens is 275 g/mol. The Morgan fingerprint density at radius 2 is 2.00 bits per heavy atom. The lowest BCUT2D eigenvalue weighted by molar-refractivity contribution is -0.122. The lowest BCUT2D eigenvalue weighted by atomic mass is 10.3. The van der Waals surface area contributed by atoms with Crippen LogP contribution in [0.5, 0.6) is 5.75 Å². The maximum absolute atomic E-state index is 12.7. The van der Waals surface area contributed by atoms with Gasteiger partial charge < -0.3 is 15.2 Å². The van der Waals surface area contributed by atoms with Gasteiger partial charge in [0.1, 0.15) is 24.3 Å². The number of nitrogens with zero attached hydrogens (tertiary/aromatic N) is 1. The maximum atomic E-state index is 12.7. The number of nitrogens with one attached hydrogen (secondary N) is 1. The van der Waals surface area contributed by atoms with Crippen LogP contribution in [0, 0.1) is 5.82 Å². The molecule has 0 aliphatic rings. The Balaban J connectivity index is 2.27. The Morgan fingerprint density at radius 3 is 2.57 bits per heavy atom. The van der Waals surface area contributed by atoms with E-state index in [0.29, 0.717) is 12.3 Å². The van der Waals surface area contributed by atoms with Crippen LogP contribution in [0.1, 0.15) is 13.8 Å². The van der Waals surface area contributed by atoms with E-state index in [9.17, 15) is 14.3 Å². The molecule has 1 atom stereocenters. The van der Waals surface area contributed by atoms with Gasteiger partial charge in [-0.15, -0.1) is 0 Å². The van der Waals surface area contributed by atoms with E-state index in [2.05, 4.69) is 5.32 Å². The molecule has 0 spiro atoms. The molecule has 0 aliphatic carbocycles. The van der Waals surface area contributed by atoms with Gasteiger partial charge in [0.15, 0.2) is 0 Å². The van der Waals surface area contributed by atoms with Crippen LogP contribution in [0.2, 0.25) is 0 Å².